The molecule has 2 aromatic rings. The Labute approximate surface area is 147 Å². The summed E-state index contributed by atoms with van der Waals surface area (Å²) in [7, 11) is 1.17. The van der Waals surface area contributed by atoms with Crippen molar-refractivity contribution in [1.29, 1.82) is 0 Å². The Kier molecular flexibility index (Phi) is 5.32. The molecule has 0 radical (unpaired) electrons. The van der Waals surface area contributed by atoms with Crippen LogP contribution >= 0.6 is 0 Å². The Morgan fingerprint density at radius 3 is 2.36 bits per heavy atom. The third-order valence-corrected chi connectivity index (χ3v) is 5.55. The normalized spacial score (nSPS) is 11.2. The number of benzene rings is 1. The molecule has 7 nitrogen and oxygen atoms in total. The lowest BCUT2D eigenvalue weighted by molar-refractivity contribution is 0.0683. The number of Topliss-reactive ketones (excluding diaryl/α,β-unsaturated/α-hetero) is 1. The quantitative estimate of drug-likeness (QED) is 0.599. The number of ether oxygens (including phenoxy) is 2. The Hall–Kier alpha value is -2.61. The topological polar surface area (TPSA) is 90.7 Å². The molecule has 0 fully saturated rings. The largest absolute Gasteiger partial charge is 0.497 e. The fourth-order valence-corrected chi connectivity index (χ4v) is 3.32. The second kappa shape index (κ2) is 7.10. The Balaban J connectivity index is 2.41. The summed E-state index contributed by atoms with van der Waals surface area (Å²) in [6, 6.07) is 6.46. The summed E-state index contributed by atoms with van der Waals surface area (Å²) in [5.74, 6) is -0.489. The van der Waals surface area contributed by atoms with Crippen LogP contribution in [-0.4, -0.2) is 48.9 Å². The summed E-state index contributed by atoms with van der Waals surface area (Å²) < 4.78 is 11.6. The van der Waals surface area contributed by atoms with Crippen LogP contribution in [0.3, 0.4) is 0 Å². The van der Waals surface area contributed by atoms with E-state index in [1.165, 1.54) is 18.9 Å². The van der Waals surface area contributed by atoms with Crippen LogP contribution in [0.5, 0.6) is 11.5 Å². The van der Waals surface area contributed by atoms with Gasteiger partial charge < -0.3 is 14.6 Å². The predicted molar refractivity (Wildman–Crippen MR) is 96.0 cm³/mol. The van der Waals surface area contributed by atoms with E-state index < -0.39 is 14.0 Å². The number of methoxy groups -OCH3 is 2. The minimum Gasteiger partial charge on any atom is -0.497 e. The van der Waals surface area contributed by atoms with E-state index in [9.17, 15) is 14.7 Å². The molecule has 0 saturated carbocycles. The molecule has 1 N–H and O–H groups in total. The SMILES string of the molecule is COc1ccc(OC)c(C(=O)Cn2nc([Si](C)(C)C)cc2C(=O)O)c1. The lowest BCUT2D eigenvalue weighted by Gasteiger charge is -2.12. The monoisotopic (exact) mass is 362 g/mol. The summed E-state index contributed by atoms with van der Waals surface area (Å²) in [6.45, 7) is 6.02. The summed E-state index contributed by atoms with van der Waals surface area (Å²) in [6.07, 6.45) is 0. The van der Waals surface area contributed by atoms with Crippen molar-refractivity contribution < 1.29 is 24.2 Å². The van der Waals surface area contributed by atoms with Crippen LogP contribution in [0.25, 0.3) is 0 Å². The van der Waals surface area contributed by atoms with Crippen LogP contribution < -0.4 is 14.8 Å². The zero-order chi connectivity index (χ0) is 18.8. The number of hydrogen-bond acceptors (Lipinski definition) is 5. The highest BCUT2D eigenvalue weighted by Crippen LogP contribution is 2.25. The number of nitrogens with zero attached hydrogens (tertiary/aromatic N) is 2. The number of aromatic nitrogens is 2. The van der Waals surface area contributed by atoms with Gasteiger partial charge in [0.1, 0.15) is 31.8 Å². The van der Waals surface area contributed by atoms with Crippen LogP contribution in [0.1, 0.15) is 20.8 Å². The summed E-state index contributed by atoms with van der Waals surface area (Å²) in [5.41, 5.74) is 0.330. The standard InChI is InChI=1S/C17H22N2O5Si/c1-23-11-6-7-15(24-2)12(8-11)14(20)10-19-13(17(21)22)9-16(18-19)25(3,4)5/h6-9H,10H2,1-5H3,(H,21,22). The van der Waals surface area contributed by atoms with Crippen LogP contribution in [0.2, 0.25) is 19.6 Å². The molecule has 0 aliphatic rings. The third kappa shape index (κ3) is 4.08. The lowest BCUT2D eigenvalue weighted by Crippen LogP contribution is -2.39. The first kappa shape index (κ1) is 18.7. The van der Waals surface area contributed by atoms with E-state index >= 15 is 0 Å². The molecule has 0 bridgehead atoms. The van der Waals surface area contributed by atoms with Gasteiger partial charge in [-0.25, -0.2) is 4.79 Å². The molecular formula is C17H22N2O5Si. The van der Waals surface area contributed by atoms with Crippen molar-refractivity contribution in [1.82, 2.24) is 9.78 Å². The zero-order valence-corrected chi connectivity index (χ0v) is 16.0. The van der Waals surface area contributed by atoms with Crippen molar-refractivity contribution in [2.24, 2.45) is 0 Å². The number of carbonyl (C=O) groups excluding carboxylic acids is 1. The van der Waals surface area contributed by atoms with Gasteiger partial charge >= 0.3 is 5.97 Å². The molecule has 0 aliphatic heterocycles. The highest BCUT2D eigenvalue weighted by molar-refractivity contribution is 6.88. The van der Waals surface area contributed by atoms with Crippen LogP contribution in [0.15, 0.2) is 24.3 Å². The second-order valence-corrected chi connectivity index (χ2v) is 11.6. The van der Waals surface area contributed by atoms with E-state index in [-0.39, 0.29) is 18.0 Å². The Morgan fingerprint density at radius 2 is 1.84 bits per heavy atom. The molecular weight excluding hydrogens is 340 g/mol. The van der Waals surface area contributed by atoms with E-state index in [1.807, 2.05) is 0 Å². The van der Waals surface area contributed by atoms with Gasteiger partial charge in [-0.3, -0.25) is 9.48 Å². The van der Waals surface area contributed by atoms with Crippen molar-refractivity contribution >= 4 is 25.1 Å². The number of carbonyl (C=O) groups is 2. The fraction of sp³-hybridized carbons (Fsp3) is 0.353. The molecule has 8 heteroatoms. The van der Waals surface area contributed by atoms with E-state index in [1.54, 1.807) is 24.3 Å². The van der Waals surface area contributed by atoms with Gasteiger partial charge in [0.2, 0.25) is 0 Å². The van der Waals surface area contributed by atoms with E-state index in [0.29, 0.717) is 17.1 Å². The predicted octanol–water partition coefficient (Wildman–Crippen LogP) is 2.03. The minimum absolute atomic E-state index is 0.00707. The van der Waals surface area contributed by atoms with Crippen molar-refractivity contribution in [2.75, 3.05) is 14.2 Å². The van der Waals surface area contributed by atoms with Gasteiger partial charge in [-0.2, -0.15) is 5.10 Å². The van der Waals surface area contributed by atoms with Gasteiger partial charge in [-0.1, -0.05) is 19.6 Å². The van der Waals surface area contributed by atoms with Crippen LogP contribution in [-0.2, 0) is 6.54 Å². The maximum Gasteiger partial charge on any atom is 0.354 e. The van der Waals surface area contributed by atoms with Gasteiger partial charge in [0.05, 0.1) is 19.8 Å². The van der Waals surface area contributed by atoms with E-state index in [2.05, 4.69) is 24.7 Å². The average molecular weight is 362 g/mol. The lowest BCUT2D eigenvalue weighted by atomic mass is 10.1. The maximum atomic E-state index is 12.7. The molecule has 0 amide bonds. The number of carboxylic acids is 1. The molecule has 0 spiro atoms. The fourth-order valence-electron chi connectivity index (χ4n) is 2.33. The van der Waals surface area contributed by atoms with Gasteiger partial charge in [-0.15, -0.1) is 0 Å². The third-order valence-electron chi connectivity index (χ3n) is 3.77. The Bertz CT molecular complexity index is 808. The molecule has 25 heavy (non-hydrogen) atoms. The molecule has 1 aromatic heterocycles. The first-order valence-electron chi connectivity index (χ1n) is 7.74. The number of ketones is 1. The number of hydrogen-bond donors (Lipinski definition) is 1. The molecule has 2 rings (SSSR count). The first-order chi connectivity index (χ1) is 11.7. The van der Waals surface area contributed by atoms with E-state index in [4.69, 9.17) is 9.47 Å². The number of rotatable bonds is 7. The van der Waals surface area contributed by atoms with Gasteiger partial charge in [-0.05, 0) is 24.3 Å². The molecule has 0 atom stereocenters. The number of carboxylic acid groups (broad SMARTS) is 1. The average Bonchev–Trinajstić information content (AvgIpc) is 2.98. The zero-order valence-electron chi connectivity index (χ0n) is 15.0. The number of aromatic carboxylic acids is 1. The Morgan fingerprint density at radius 1 is 1.16 bits per heavy atom. The highest BCUT2D eigenvalue weighted by atomic mass is 28.3. The van der Waals surface area contributed by atoms with Crippen molar-refractivity contribution in [2.45, 2.75) is 26.2 Å². The van der Waals surface area contributed by atoms with Crippen molar-refractivity contribution in [3.8, 4) is 11.5 Å². The van der Waals surface area contributed by atoms with Crippen LogP contribution in [0, 0.1) is 0 Å². The summed E-state index contributed by atoms with van der Waals surface area (Å²) in [4.78, 5) is 24.2. The molecule has 1 heterocycles. The highest BCUT2D eigenvalue weighted by Gasteiger charge is 2.26. The van der Waals surface area contributed by atoms with Crippen molar-refractivity contribution in [3.05, 3.63) is 35.5 Å². The van der Waals surface area contributed by atoms with Crippen molar-refractivity contribution in [3.63, 3.8) is 0 Å². The van der Waals surface area contributed by atoms with Crippen LogP contribution in [0.4, 0.5) is 0 Å². The maximum absolute atomic E-state index is 12.7. The van der Waals surface area contributed by atoms with Gasteiger partial charge in [0.25, 0.3) is 0 Å². The van der Waals surface area contributed by atoms with E-state index in [0.717, 1.165) is 5.32 Å². The summed E-state index contributed by atoms with van der Waals surface area (Å²) >= 11 is 0. The molecule has 1 aromatic carbocycles. The second-order valence-electron chi connectivity index (χ2n) is 6.62. The molecule has 0 saturated heterocycles. The minimum atomic E-state index is -1.80. The summed E-state index contributed by atoms with van der Waals surface area (Å²) in [5, 5.41) is 14.5. The molecule has 134 valence electrons. The smallest absolute Gasteiger partial charge is 0.354 e. The first-order valence-corrected chi connectivity index (χ1v) is 11.2. The molecule has 0 unspecified atom stereocenters. The van der Waals surface area contributed by atoms with Gasteiger partial charge in [0, 0.05) is 5.32 Å². The van der Waals surface area contributed by atoms with Gasteiger partial charge in [0.15, 0.2) is 5.78 Å². The molecule has 0 aliphatic carbocycles.